The summed E-state index contributed by atoms with van der Waals surface area (Å²) in [6, 6.07) is 7.10. The van der Waals surface area contributed by atoms with Crippen LogP contribution in [0.1, 0.15) is 26.6 Å². The van der Waals surface area contributed by atoms with Crippen molar-refractivity contribution < 1.29 is 17.9 Å². The van der Waals surface area contributed by atoms with Crippen LogP contribution in [0.5, 0.6) is 11.5 Å². The average molecular weight is 420 g/mol. The van der Waals surface area contributed by atoms with Gasteiger partial charge in [-0.3, -0.25) is 9.25 Å². The molecule has 0 saturated heterocycles. The quantitative estimate of drug-likeness (QED) is 0.605. The molecule has 29 heavy (non-hydrogen) atoms. The van der Waals surface area contributed by atoms with Gasteiger partial charge in [-0.2, -0.15) is 5.10 Å². The highest BCUT2D eigenvalue weighted by molar-refractivity contribution is 7.91. The first-order chi connectivity index (χ1) is 13.6. The van der Waals surface area contributed by atoms with E-state index in [-0.39, 0.29) is 11.6 Å². The second-order valence-electron chi connectivity index (χ2n) is 7.53. The van der Waals surface area contributed by atoms with Crippen LogP contribution < -0.4 is 9.47 Å². The number of methoxy groups -OCH3 is 2. The van der Waals surface area contributed by atoms with Crippen LogP contribution in [0, 0.1) is 0 Å². The summed E-state index contributed by atoms with van der Waals surface area (Å²) in [6.45, 7) is 4.98. The number of hydrogen-bond donors (Lipinski definition) is 0. The molecule has 0 aliphatic carbocycles. The monoisotopic (exact) mass is 419 g/mol. The minimum Gasteiger partial charge on any atom is -0.494 e. The maximum atomic E-state index is 12.9. The molecular formula is C19H25N5O4S. The lowest BCUT2D eigenvalue weighted by Crippen LogP contribution is -2.30. The lowest BCUT2D eigenvalue weighted by atomic mass is 10.2. The largest absolute Gasteiger partial charge is 0.494 e. The van der Waals surface area contributed by atoms with Crippen molar-refractivity contribution in [3.63, 3.8) is 0 Å². The molecule has 2 heterocycles. The van der Waals surface area contributed by atoms with Gasteiger partial charge in [-0.25, -0.2) is 8.42 Å². The molecule has 1 aromatic carbocycles. The molecule has 3 rings (SSSR count). The van der Waals surface area contributed by atoms with Crippen molar-refractivity contribution >= 4 is 9.84 Å². The number of para-hydroxylation sites is 1. The number of aryl methyl sites for hydroxylation is 1. The normalized spacial score (nSPS) is 12.2. The molecule has 156 valence electrons. The number of aromatic nitrogens is 5. The number of ether oxygens (including phenoxy) is 2. The van der Waals surface area contributed by atoms with E-state index in [1.807, 2.05) is 0 Å². The highest BCUT2D eigenvalue weighted by atomic mass is 32.2. The van der Waals surface area contributed by atoms with Crippen molar-refractivity contribution in [1.82, 2.24) is 24.5 Å². The van der Waals surface area contributed by atoms with Crippen molar-refractivity contribution in [1.29, 1.82) is 0 Å². The Bertz CT molecular complexity index is 1100. The van der Waals surface area contributed by atoms with E-state index in [4.69, 9.17) is 9.47 Å². The lowest BCUT2D eigenvalue weighted by molar-refractivity contribution is 0.390. The minimum atomic E-state index is -3.51. The van der Waals surface area contributed by atoms with Crippen LogP contribution in [0.3, 0.4) is 0 Å². The smallest absolute Gasteiger partial charge is 0.189 e. The number of hydrogen-bond acceptors (Lipinski definition) is 7. The predicted octanol–water partition coefficient (Wildman–Crippen LogP) is 2.40. The Hall–Kier alpha value is -2.88. The first-order valence-corrected chi connectivity index (χ1v) is 10.6. The molecule has 0 atom stereocenters. The molecule has 0 bridgehead atoms. The minimum absolute atomic E-state index is 0.253. The van der Waals surface area contributed by atoms with E-state index in [9.17, 15) is 8.42 Å². The van der Waals surface area contributed by atoms with Crippen molar-refractivity contribution in [3.8, 4) is 28.7 Å². The van der Waals surface area contributed by atoms with Gasteiger partial charge in [0.15, 0.2) is 21.5 Å². The Morgan fingerprint density at radius 2 is 1.66 bits per heavy atom. The fourth-order valence-electron chi connectivity index (χ4n) is 2.78. The third-order valence-corrected chi connectivity index (χ3v) is 7.05. The molecule has 10 heteroatoms. The summed E-state index contributed by atoms with van der Waals surface area (Å²) in [6.07, 6.45) is 1.78. The number of sulfone groups is 1. The zero-order chi connectivity index (χ0) is 21.4. The molecule has 0 spiro atoms. The zero-order valence-corrected chi connectivity index (χ0v) is 18.2. The first-order valence-electron chi connectivity index (χ1n) is 8.97. The molecule has 0 fully saturated rings. The zero-order valence-electron chi connectivity index (χ0n) is 17.4. The van der Waals surface area contributed by atoms with Crippen LogP contribution in [0.4, 0.5) is 0 Å². The van der Waals surface area contributed by atoms with Crippen LogP contribution in [0.25, 0.3) is 17.2 Å². The number of benzene rings is 1. The van der Waals surface area contributed by atoms with Crippen LogP contribution >= 0.6 is 0 Å². The fourth-order valence-corrected chi connectivity index (χ4v) is 3.74. The molecule has 3 aromatic rings. The molecule has 0 amide bonds. The Balaban J connectivity index is 2.31. The standard InChI is InChI=1S/C19H25N5O4S/c1-19(2,3)29(25,26)12-16-20-21-18(13-10-11-23(4)22-13)24(16)17-14(27-5)8-7-9-15(17)28-6/h7-11H,12H2,1-6H3. The molecular weight excluding hydrogens is 394 g/mol. The average Bonchev–Trinajstić information content (AvgIpc) is 3.25. The van der Waals surface area contributed by atoms with E-state index in [0.29, 0.717) is 28.7 Å². The van der Waals surface area contributed by atoms with Gasteiger partial charge in [0.25, 0.3) is 0 Å². The summed E-state index contributed by atoms with van der Waals surface area (Å²) < 4.78 is 39.2. The van der Waals surface area contributed by atoms with Gasteiger partial charge in [-0.05, 0) is 39.0 Å². The second-order valence-corrected chi connectivity index (χ2v) is 10.3. The molecule has 0 aliphatic heterocycles. The van der Waals surface area contributed by atoms with Gasteiger partial charge in [0.05, 0.1) is 19.0 Å². The topological polar surface area (TPSA) is 101 Å². The van der Waals surface area contributed by atoms with Gasteiger partial charge in [0.2, 0.25) is 0 Å². The summed E-state index contributed by atoms with van der Waals surface area (Å²) in [5, 5.41) is 12.9. The molecule has 0 saturated carbocycles. The van der Waals surface area contributed by atoms with Gasteiger partial charge in [0.1, 0.15) is 28.6 Å². The Kier molecular flexibility index (Phi) is 5.40. The van der Waals surface area contributed by atoms with Gasteiger partial charge in [0, 0.05) is 13.2 Å². The van der Waals surface area contributed by atoms with Gasteiger partial charge < -0.3 is 9.47 Å². The molecule has 0 unspecified atom stereocenters. The molecule has 0 radical (unpaired) electrons. The van der Waals surface area contributed by atoms with Crippen LogP contribution in [-0.4, -0.2) is 51.9 Å². The third-order valence-electron chi connectivity index (χ3n) is 4.55. The first kappa shape index (κ1) is 20.8. The van der Waals surface area contributed by atoms with Gasteiger partial charge in [-0.1, -0.05) is 6.07 Å². The van der Waals surface area contributed by atoms with Gasteiger partial charge in [-0.15, -0.1) is 10.2 Å². The third kappa shape index (κ3) is 3.84. The molecule has 0 aliphatic rings. The number of nitrogens with zero attached hydrogens (tertiary/aromatic N) is 5. The van der Waals surface area contributed by atoms with Crippen LogP contribution in [-0.2, 0) is 22.6 Å². The predicted molar refractivity (Wildman–Crippen MR) is 109 cm³/mol. The molecule has 2 aromatic heterocycles. The summed E-state index contributed by atoms with van der Waals surface area (Å²) in [5.41, 5.74) is 1.06. The van der Waals surface area contributed by atoms with E-state index in [0.717, 1.165) is 0 Å². The number of rotatable bonds is 6. The van der Waals surface area contributed by atoms with Crippen LogP contribution in [0.2, 0.25) is 0 Å². The Morgan fingerprint density at radius 1 is 1.03 bits per heavy atom. The van der Waals surface area contributed by atoms with Crippen molar-refractivity contribution in [2.45, 2.75) is 31.3 Å². The fraction of sp³-hybridized carbons (Fsp3) is 0.421. The van der Waals surface area contributed by atoms with E-state index in [1.165, 1.54) is 14.2 Å². The van der Waals surface area contributed by atoms with Crippen molar-refractivity contribution in [2.75, 3.05) is 14.2 Å². The highest BCUT2D eigenvalue weighted by Crippen LogP contribution is 2.36. The SMILES string of the molecule is COc1cccc(OC)c1-n1c(CS(=O)(=O)C(C)(C)C)nnc1-c1ccn(C)n1. The van der Waals surface area contributed by atoms with E-state index < -0.39 is 14.6 Å². The Morgan fingerprint density at radius 3 is 2.14 bits per heavy atom. The maximum Gasteiger partial charge on any atom is 0.189 e. The Labute approximate surface area is 170 Å². The van der Waals surface area contributed by atoms with Crippen LogP contribution in [0.15, 0.2) is 30.5 Å². The summed E-state index contributed by atoms with van der Waals surface area (Å²) in [7, 11) is 1.35. The highest BCUT2D eigenvalue weighted by Gasteiger charge is 2.33. The van der Waals surface area contributed by atoms with E-state index >= 15 is 0 Å². The van der Waals surface area contributed by atoms with Crippen molar-refractivity contribution in [3.05, 3.63) is 36.3 Å². The van der Waals surface area contributed by atoms with Gasteiger partial charge >= 0.3 is 0 Å². The maximum absolute atomic E-state index is 12.9. The second kappa shape index (κ2) is 7.51. The molecule has 0 N–H and O–H groups in total. The van der Waals surface area contributed by atoms with E-state index in [1.54, 1.807) is 67.5 Å². The van der Waals surface area contributed by atoms with E-state index in [2.05, 4.69) is 15.3 Å². The molecule has 9 nitrogen and oxygen atoms in total. The summed E-state index contributed by atoms with van der Waals surface area (Å²) in [5.74, 6) is 1.35. The summed E-state index contributed by atoms with van der Waals surface area (Å²) in [4.78, 5) is 0. The lowest BCUT2D eigenvalue weighted by Gasteiger charge is -2.20. The van der Waals surface area contributed by atoms with Crippen molar-refractivity contribution in [2.24, 2.45) is 7.05 Å². The summed E-state index contributed by atoms with van der Waals surface area (Å²) >= 11 is 0.